The highest BCUT2D eigenvalue weighted by Gasteiger charge is 2.37. The molecule has 0 radical (unpaired) electrons. The molecular weight excluding hydrogens is 428 g/mol. The van der Waals surface area contributed by atoms with E-state index in [0.29, 0.717) is 0 Å². The minimum atomic E-state index is -0.875. The molecule has 0 aromatic heterocycles. The van der Waals surface area contributed by atoms with Crippen molar-refractivity contribution in [3.8, 4) is 0 Å². The average Bonchev–Trinajstić information content (AvgIpc) is 2.85. The second-order valence-corrected chi connectivity index (χ2v) is 9.01. The van der Waals surface area contributed by atoms with E-state index in [1.165, 1.54) is 5.69 Å². The number of nitrogens with zero attached hydrogens (tertiary/aromatic N) is 2. The zero-order valence-corrected chi connectivity index (χ0v) is 19.9. The third-order valence-electron chi connectivity index (χ3n) is 6.38. The van der Waals surface area contributed by atoms with Gasteiger partial charge in [-0.25, -0.2) is 0 Å². The third kappa shape index (κ3) is 5.24. The molecule has 1 saturated heterocycles. The Bertz CT molecular complexity index is 1040. The molecule has 33 heavy (non-hydrogen) atoms. The predicted molar refractivity (Wildman–Crippen MR) is 140 cm³/mol. The fraction of sp³-hybridized carbons (Fsp3) is 0.259. The van der Waals surface area contributed by atoms with Crippen LogP contribution in [0.3, 0.4) is 0 Å². The van der Waals surface area contributed by atoms with E-state index in [1.807, 2.05) is 79.7 Å². The summed E-state index contributed by atoms with van der Waals surface area (Å²) in [5.74, 6) is -0.175. The highest BCUT2D eigenvalue weighted by atomic mass is 32.1. The molecule has 0 spiro atoms. The topological polar surface area (TPSA) is 47.6 Å². The van der Waals surface area contributed by atoms with E-state index in [0.717, 1.165) is 43.0 Å². The number of rotatable bonds is 5. The van der Waals surface area contributed by atoms with E-state index in [2.05, 4.69) is 39.6 Å². The van der Waals surface area contributed by atoms with Crippen LogP contribution in [0.2, 0.25) is 0 Å². The Balaban J connectivity index is 1.45. The van der Waals surface area contributed by atoms with Crippen LogP contribution < -0.4 is 15.5 Å². The van der Waals surface area contributed by atoms with Crippen molar-refractivity contribution in [1.29, 1.82) is 0 Å². The molecular formula is C27H30N4OS. The molecule has 3 aromatic carbocycles. The number of carbonyl (C=O) groups excluding carboxylic acids is 1. The van der Waals surface area contributed by atoms with Gasteiger partial charge in [0.05, 0.1) is 5.41 Å². The molecule has 1 fully saturated rings. The molecule has 4 rings (SSSR count). The van der Waals surface area contributed by atoms with E-state index >= 15 is 0 Å². The highest BCUT2D eigenvalue weighted by Crippen LogP contribution is 2.32. The predicted octanol–water partition coefficient (Wildman–Crippen LogP) is 4.26. The van der Waals surface area contributed by atoms with Crippen molar-refractivity contribution < 1.29 is 4.79 Å². The first-order valence-corrected chi connectivity index (χ1v) is 11.6. The molecule has 0 bridgehead atoms. The van der Waals surface area contributed by atoms with Crippen LogP contribution in [0, 0.1) is 0 Å². The first-order valence-electron chi connectivity index (χ1n) is 11.2. The smallest absolute Gasteiger partial charge is 0.240 e. The second kappa shape index (κ2) is 10.1. The normalized spacial score (nSPS) is 14.5. The van der Waals surface area contributed by atoms with Gasteiger partial charge in [-0.3, -0.25) is 4.79 Å². The quantitative estimate of drug-likeness (QED) is 0.560. The lowest BCUT2D eigenvalue weighted by molar-refractivity contribution is -0.123. The molecule has 6 heteroatoms. The van der Waals surface area contributed by atoms with E-state index in [1.54, 1.807) is 0 Å². The number of benzene rings is 3. The maximum absolute atomic E-state index is 13.5. The molecule has 1 aliphatic heterocycles. The molecule has 0 saturated carbocycles. The van der Waals surface area contributed by atoms with Gasteiger partial charge in [-0.2, -0.15) is 0 Å². The molecule has 0 aliphatic carbocycles. The van der Waals surface area contributed by atoms with Gasteiger partial charge in [-0.1, -0.05) is 60.7 Å². The number of nitrogens with one attached hydrogen (secondary N) is 2. The summed E-state index contributed by atoms with van der Waals surface area (Å²) in [6, 6.07) is 27.8. The Morgan fingerprint density at radius 1 is 0.818 bits per heavy atom. The molecule has 2 N–H and O–H groups in total. The molecule has 0 unspecified atom stereocenters. The SMILES string of the molecule is CN1CCN(c2ccc(NC(=S)NC(=O)C(C)(c3ccccc3)c3ccccc3)cc2)CC1. The summed E-state index contributed by atoms with van der Waals surface area (Å²) in [5, 5.41) is 6.35. The third-order valence-corrected chi connectivity index (χ3v) is 6.58. The van der Waals surface area contributed by atoms with Crippen LogP contribution in [0.15, 0.2) is 84.9 Å². The summed E-state index contributed by atoms with van der Waals surface area (Å²) in [7, 11) is 2.15. The minimum absolute atomic E-state index is 0.175. The van der Waals surface area contributed by atoms with Crippen molar-refractivity contribution >= 4 is 34.6 Å². The highest BCUT2D eigenvalue weighted by molar-refractivity contribution is 7.80. The van der Waals surface area contributed by atoms with Gasteiger partial charge in [0.15, 0.2) is 5.11 Å². The number of likely N-dealkylation sites (N-methyl/N-ethyl adjacent to an activating group) is 1. The van der Waals surface area contributed by atoms with E-state index in [4.69, 9.17) is 12.2 Å². The van der Waals surface area contributed by atoms with Crippen LogP contribution in [0.5, 0.6) is 0 Å². The van der Waals surface area contributed by atoms with Crippen molar-refractivity contribution in [3.05, 3.63) is 96.1 Å². The van der Waals surface area contributed by atoms with Crippen molar-refractivity contribution in [3.63, 3.8) is 0 Å². The summed E-state index contributed by atoms with van der Waals surface area (Å²) < 4.78 is 0. The summed E-state index contributed by atoms with van der Waals surface area (Å²) >= 11 is 5.49. The molecule has 1 amide bonds. The number of hydrogen-bond acceptors (Lipinski definition) is 4. The van der Waals surface area contributed by atoms with E-state index in [-0.39, 0.29) is 11.0 Å². The van der Waals surface area contributed by atoms with Crippen LogP contribution in [-0.2, 0) is 10.2 Å². The van der Waals surface area contributed by atoms with Gasteiger partial charge in [0, 0.05) is 37.6 Å². The number of amides is 1. The van der Waals surface area contributed by atoms with E-state index < -0.39 is 5.41 Å². The van der Waals surface area contributed by atoms with Gasteiger partial charge in [0.2, 0.25) is 5.91 Å². The lowest BCUT2D eigenvalue weighted by atomic mass is 9.75. The van der Waals surface area contributed by atoms with Crippen LogP contribution in [0.25, 0.3) is 0 Å². The molecule has 3 aromatic rings. The van der Waals surface area contributed by atoms with Crippen LogP contribution >= 0.6 is 12.2 Å². The van der Waals surface area contributed by atoms with Crippen LogP contribution in [0.1, 0.15) is 18.1 Å². The summed E-state index contributed by atoms with van der Waals surface area (Å²) in [6.45, 7) is 6.11. The maximum atomic E-state index is 13.5. The standard InChI is InChI=1S/C27H30N4OS/c1-27(21-9-5-3-6-10-21,22-11-7-4-8-12-22)25(32)29-26(33)28-23-13-15-24(16-14-23)31-19-17-30(2)18-20-31/h3-16H,17-20H2,1-2H3,(H2,28,29,32,33). The lowest BCUT2D eigenvalue weighted by Crippen LogP contribution is -2.47. The number of piperazine rings is 1. The number of carbonyl (C=O) groups is 1. The lowest BCUT2D eigenvalue weighted by Gasteiger charge is -2.34. The van der Waals surface area contributed by atoms with Crippen LogP contribution in [-0.4, -0.2) is 49.1 Å². The average molecular weight is 459 g/mol. The van der Waals surface area contributed by atoms with Crippen molar-refractivity contribution in [2.24, 2.45) is 0 Å². The maximum Gasteiger partial charge on any atom is 0.240 e. The van der Waals surface area contributed by atoms with Crippen molar-refractivity contribution in [2.45, 2.75) is 12.3 Å². The Morgan fingerprint density at radius 3 is 1.85 bits per heavy atom. The Hall–Kier alpha value is -3.22. The van der Waals surface area contributed by atoms with Crippen molar-refractivity contribution in [2.75, 3.05) is 43.4 Å². The first-order chi connectivity index (χ1) is 16.0. The summed E-state index contributed by atoms with van der Waals surface area (Å²) in [4.78, 5) is 18.2. The Labute approximate surface area is 201 Å². The van der Waals surface area contributed by atoms with Gasteiger partial charge in [0.25, 0.3) is 0 Å². The fourth-order valence-electron chi connectivity index (χ4n) is 4.18. The number of anilines is 2. The summed E-state index contributed by atoms with van der Waals surface area (Å²) in [6.07, 6.45) is 0. The van der Waals surface area contributed by atoms with Gasteiger partial charge in [0.1, 0.15) is 0 Å². The van der Waals surface area contributed by atoms with E-state index in [9.17, 15) is 4.79 Å². The van der Waals surface area contributed by atoms with Gasteiger partial charge < -0.3 is 20.4 Å². The van der Waals surface area contributed by atoms with Gasteiger partial charge >= 0.3 is 0 Å². The second-order valence-electron chi connectivity index (χ2n) is 8.60. The molecule has 170 valence electrons. The molecule has 1 heterocycles. The van der Waals surface area contributed by atoms with Gasteiger partial charge in [-0.05, 0) is 61.6 Å². The molecule has 5 nitrogen and oxygen atoms in total. The molecule has 0 atom stereocenters. The van der Waals surface area contributed by atoms with Gasteiger partial charge in [-0.15, -0.1) is 0 Å². The largest absolute Gasteiger partial charge is 0.369 e. The fourth-order valence-corrected chi connectivity index (χ4v) is 4.39. The minimum Gasteiger partial charge on any atom is -0.369 e. The number of thiocarbonyl (C=S) groups is 1. The van der Waals surface area contributed by atoms with Crippen LogP contribution in [0.4, 0.5) is 11.4 Å². The monoisotopic (exact) mass is 458 g/mol. The Morgan fingerprint density at radius 2 is 1.33 bits per heavy atom. The zero-order valence-electron chi connectivity index (χ0n) is 19.1. The number of hydrogen-bond donors (Lipinski definition) is 2. The summed E-state index contributed by atoms with van der Waals surface area (Å²) in [5.41, 5.74) is 2.99. The first kappa shape index (κ1) is 23.0. The molecule has 1 aliphatic rings. The van der Waals surface area contributed by atoms with Crippen molar-refractivity contribution in [1.82, 2.24) is 10.2 Å². The Kier molecular flexibility index (Phi) is 7.06. The zero-order chi connectivity index (χ0) is 23.3.